The Morgan fingerprint density at radius 2 is 1.87 bits per heavy atom. The van der Waals surface area contributed by atoms with E-state index in [2.05, 4.69) is 4.52 Å². The molecule has 0 bridgehead atoms. The predicted molar refractivity (Wildman–Crippen MR) is 55.1 cm³/mol. The maximum absolute atomic E-state index is 10.2. The van der Waals surface area contributed by atoms with Crippen LogP contribution < -0.4 is 5.73 Å². The summed E-state index contributed by atoms with van der Waals surface area (Å²) >= 11 is 0. The maximum atomic E-state index is 10.2. The number of nitrogens with zero attached hydrogens (tertiary/aromatic N) is 1. The van der Waals surface area contributed by atoms with Gasteiger partial charge in [-0.1, -0.05) is 6.92 Å². The lowest BCUT2D eigenvalue weighted by molar-refractivity contribution is -0.134. The van der Waals surface area contributed by atoms with E-state index >= 15 is 0 Å². The molecule has 1 atom stereocenters. The zero-order valence-electron chi connectivity index (χ0n) is 9.01. The van der Waals surface area contributed by atoms with Crippen LogP contribution in [-0.4, -0.2) is 29.1 Å². The van der Waals surface area contributed by atoms with Gasteiger partial charge in [0.1, 0.15) is 0 Å². The molecule has 0 radical (unpaired) electrons. The Morgan fingerprint density at radius 3 is 1.93 bits per heavy atom. The lowest BCUT2D eigenvalue weighted by Gasteiger charge is -1.97. The van der Waals surface area contributed by atoms with E-state index in [1.54, 1.807) is 6.92 Å². The number of hydrogen-bond donors (Lipinski definition) is 3. The molecule has 0 amide bonds. The minimum atomic E-state index is -3.87. The molecule has 4 N–H and O–H groups in total. The molecule has 0 saturated heterocycles. The second kappa shape index (κ2) is 13.1. The molecule has 0 aromatic carbocycles. The fraction of sp³-hybridized carbons (Fsp3) is 0.714. The monoisotopic (exact) mass is 240 g/mol. The molecule has 15 heavy (non-hydrogen) atoms. The van der Waals surface area contributed by atoms with Crippen molar-refractivity contribution in [2.24, 2.45) is 5.73 Å². The van der Waals surface area contributed by atoms with Gasteiger partial charge in [-0.2, -0.15) is 5.26 Å². The number of rotatable bonds is 2. The average Bonchev–Trinajstić information content (AvgIpc) is 2.04. The van der Waals surface area contributed by atoms with Gasteiger partial charge in [-0.25, -0.2) is 4.57 Å². The first kappa shape index (κ1) is 19.6. The summed E-state index contributed by atoms with van der Waals surface area (Å²) in [7, 11) is -3.87. The first-order chi connectivity index (χ1) is 6.77. The Bertz CT molecular complexity index is 234. The van der Waals surface area contributed by atoms with Gasteiger partial charge in [-0.15, -0.1) is 0 Å². The van der Waals surface area contributed by atoms with Crippen LogP contribution in [0, 0.1) is 11.1 Å². The van der Waals surface area contributed by atoms with Gasteiger partial charge in [0.05, 0.1) is 6.61 Å². The molecular formula is C7H17N2O5P. The summed E-state index contributed by atoms with van der Waals surface area (Å²) in [6.07, 6.45) is 0. The van der Waals surface area contributed by atoms with Gasteiger partial charge in [0.15, 0.2) is 5.81 Å². The Hall–Kier alpha value is -0.930. The van der Waals surface area contributed by atoms with Gasteiger partial charge in [0.2, 0.25) is 0 Å². The van der Waals surface area contributed by atoms with E-state index in [0.29, 0.717) is 0 Å². The van der Waals surface area contributed by atoms with Crippen LogP contribution in [-0.2, 0) is 13.9 Å². The first-order valence-electron chi connectivity index (χ1n) is 4.05. The molecule has 0 aliphatic heterocycles. The van der Waals surface area contributed by atoms with Crippen molar-refractivity contribution in [2.45, 2.75) is 20.8 Å². The van der Waals surface area contributed by atoms with Gasteiger partial charge in [0.25, 0.3) is 5.97 Å². The van der Waals surface area contributed by atoms with Crippen LogP contribution in [0.5, 0.6) is 0 Å². The lowest BCUT2D eigenvalue weighted by atomic mass is 10.8. The number of carbonyl (C=O) groups is 1. The highest BCUT2D eigenvalue weighted by atomic mass is 31.2. The highest BCUT2D eigenvalue weighted by Gasteiger charge is 2.15. The number of aliphatic carboxylic acids is 1. The molecule has 0 saturated carbocycles. The van der Waals surface area contributed by atoms with Crippen molar-refractivity contribution in [3.63, 3.8) is 0 Å². The largest absolute Gasteiger partial charge is 0.481 e. The van der Waals surface area contributed by atoms with Gasteiger partial charge < -0.3 is 15.7 Å². The Kier molecular flexibility index (Phi) is 17.1. The van der Waals surface area contributed by atoms with Crippen LogP contribution in [0.3, 0.4) is 0 Å². The van der Waals surface area contributed by atoms with Crippen LogP contribution in [0.1, 0.15) is 20.8 Å². The second-order valence-electron chi connectivity index (χ2n) is 1.97. The molecule has 0 rings (SSSR count). The number of nitriles is 1. The predicted octanol–water partition coefficient (Wildman–Crippen LogP) is 0.745. The summed E-state index contributed by atoms with van der Waals surface area (Å²) in [5.74, 6) is 0.298. The van der Waals surface area contributed by atoms with E-state index in [9.17, 15) is 4.57 Å². The molecule has 0 heterocycles. The zero-order valence-corrected chi connectivity index (χ0v) is 9.90. The number of hydrogen-bond acceptors (Lipinski definition) is 5. The third-order valence-corrected chi connectivity index (χ3v) is 1.29. The SMILES string of the molecule is CC(=O)O.CCN.CCOP(=O)(O)C#N. The second-order valence-corrected chi connectivity index (χ2v) is 3.46. The number of carboxylic acids is 1. The smallest absolute Gasteiger partial charge is 0.428 e. The summed E-state index contributed by atoms with van der Waals surface area (Å²) in [6, 6.07) is 0. The topological polar surface area (TPSA) is 134 Å². The average molecular weight is 240 g/mol. The van der Waals surface area contributed by atoms with Gasteiger partial charge in [0, 0.05) is 6.92 Å². The molecular weight excluding hydrogens is 223 g/mol. The van der Waals surface area contributed by atoms with E-state index in [0.717, 1.165) is 19.3 Å². The molecule has 8 heteroatoms. The van der Waals surface area contributed by atoms with E-state index in [-0.39, 0.29) is 6.61 Å². The summed E-state index contributed by atoms with van der Waals surface area (Å²) < 4.78 is 14.3. The fourth-order valence-electron chi connectivity index (χ4n) is 0.204. The van der Waals surface area contributed by atoms with Crippen molar-refractivity contribution < 1.29 is 23.9 Å². The molecule has 0 aliphatic rings. The van der Waals surface area contributed by atoms with Crippen LogP contribution in [0.4, 0.5) is 0 Å². The third kappa shape index (κ3) is 43.5. The molecule has 7 nitrogen and oxygen atoms in total. The fourth-order valence-corrected chi connectivity index (χ4v) is 0.612. The van der Waals surface area contributed by atoms with Crippen molar-refractivity contribution in [2.75, 3.05) is 13.2 Å². The van der Waals surface area contributed by atoms with E-state index in [1.807, 2.05) is 6.92 Å². The molecule has 0 aromatic rings. The molecule has 0 spiro atoms. The van der Waals surface area contributed by atoms with E-state index < -0.39 is 13.6 Å². The van der Waals surface area contributed by atoms with Crippen molar-refractivity contribution in [1.29, 1.82) is 5.26 Å². The Labute approximate surface area is 89.0 Å². The zero-order chi connectivity index (χ0) is 12.9. The van der Waals surface area contributed by atoms with Crippen molar-refractivity contribution in [3.8, 4) is 5.81 Å². The van der Waals surface area contributed by atoms with Crippen molar-refractivity contribution in [3.05, 3.63) is 0 Å². The van der Waals surface area contributed by atoms with Crippen molar-refractivity contribution in [1.82, 2.24) is 0 Å². The Balaban J connectivity index is -0.000000173. The van der Waals surface area contributed by atoms with Crippen LogP contribution >= 0.6 is 7.60 Å². The summed E-state index contributed by atoms with van der Waals surface area (Å²) in [4.78, 5) is 17.3. The number of nitrogens with two attached hydrogens (primary N) is 1. The molecule has 0 fully saturated rings. The van der Waals surface area contributed by atoms with Gasteiger partial charge >= 0.3 is 7.60 Å². The highest BCUT2D eigenvalue weighted by Crippen LogP contribution is 2.39. The van der Waals surface area contributed by atoms with Crippen LogP contribution in [0.25, 0.3) is 0 Å². The minimum absolute atomic E-state index is 0.0847. The summed E-state index contributed by atoms with van der Waals surface area (Å²) in [5, 5.41) is 15.3. The lowest BCUT2D eigenvalue weighted by Crippen LogP contribution is -1.87. The first-order valence-corrected chi connectivity index (χ1v) is 5.63. The molecule has 90 valence electrons. The van der Waals surface area contributed by atoms with Gasteiger partial charge in [-0.3, -0.25) is 9.32 Å². The van der Waals surface area contributed by atoms with Crippen molar-refractivity contribution >= 4 is 13.6 Å². The molecule has 1 unspecified atom stereocenters. The molecule has 0 aromatic heterocycles. The minimum Gasteiger partial charge on any atom is -0.481 e. The van der Waals surface area contributed by atoms with Crippen LogP contribution in [0.2, 0.25) is 0 Å². The normalized spacial score (nSPS) is 11.7. The van der Waals surface area contributed by atoms with Crippen LogP contribution in [0.15, 0.2) is 0 Å². The summed E-state index contributed by atoms with van der Waals surface area (Å²) in [5.41, 5.74) is 4.85. The Morgan fingerprint density at radius 1 is 1.60 bits per heavy atom. The van der Waals surface area contributed by atoms with Gasteiger partial charge in [-0.05, 0) is 13.5 Å². The number of carboxylic acid groups (broad SMARTS) is 1. The standard InChI is InChI=1S/C3H6NO3P.C2H7N.C2H4O2/c1-2-7-8(5,6)3-4;1-2-3;1-2(3)4/h2H2,1H3,(H,5,6);2-3H2,1H3;1H3,(H,3,4). The van der Waals surface area contributed by atoms with E-state index in [4.69, 9.17) is 25.8 Å². The molecule has 0 aliphatic carbocycles. The van der Waals surface area contributed by atoms with E-state index in [1.165, 1.54) is 0 Å². The third-order valence-electron chi connectivity index (χ3n) is 0.430. The highest BCUT2D eigenvalue weighted by molar-refractivity contribution is 7.58. The summed E-state index contributed by atoms with van der Waals surface area (Å²) in [6.45, 7) is 5.36. The maximum Gasteiger partial charge on any atom is 0.428 e. The quantitative estimate of drug-likeness (QED) is 0.606.